The van der Waals surface area contributed by atoms with Gasteiger partial charge in [0.15, 0.2) is 11.5 Å². The summed E-state index contributed by atoms with van der Waals surface area (Å²) in [6.45, 7) is 0.122. The Morgan fingerprint density at radius 2 is 2.00 bits per heavy atom. The first-order valence-electron chi connectivity index (χ1n) is 6.52. The Morgan fingerprint density at radius 1 is 1.18 bits per heavy atom. The van der Waals surface area contributed by atoms with Gasteiger partial charge in [-0.05, 0) is 42.0 Å². The number of benzene rings is 2. The van der Waals surface area contributed by atoms with E-state index in [4.69, 9.17) is 9.47 Å². The summed E-state index contributed by atoms with van der Waals surface area (Å²) < 4.78 is 10.4. The van der Waals surface area contributed by atoms with Crippen LogP contribution < -0.4 is 9.47 Å². The fourth-order valence-electron chi connectivity index (χ4n) is 2.12. The smallest absolute Gasteiger partial charge is 0.231 e. The number of nitrogens with zero attached hydrogens (tertiary/aromatic N) is 1. The number of carbonyl (C=O) groups excluding carboxylic acids is 1. The molecule has 3 rings (SSSR count). The van der Waals surface area contributed by atoms with Crippen molar-refractivity contribution in [2.75, 3.05) is 6.79 Å². The highest BCUT2D eigenvalue weighted by Gasteiger charge is 2.18. The van der Waals surface area contributed by atoms with Crippen LogP contribution in [0, 0.1) is 11.3 Å². The zero-order valence-corrected chi connectivity index (χ0v) is 11.4. The van der Waals surface area contributed by atoms with Gasteiger partial charge in [-0.3, -0.25) is 4.79 Å². The molecule has 1 heterocycles. The number of Topliss-reactive ketones (excluding diaryl/α,β-unsaturated/α-hetero) is 1. The number of allylic oxidation sites excluding steroid dienone is 1. The number of ether oxygens (including phenoxy) is 2. The fourth-order valence-corrected chi connectivity index (χ4v) is 2.12. The van der Waals surface area contributed by atoms with E-state index in [1.807, 2.05) is 6.07 Å². The van der Waals surface area contributed by atoms with E-state index in [1.54, 1.807) is 30.3 Å². The number of fused-ring (bicyclic) bond motifs is 1. The SMILES string of the molecule is N#C/C(=C/c1cccc(O)c1)C(=O)c1ccc2c(c1)OCO2. The van der Waals surface area contributed by atoms with Gasteiger partial charge in [0.2, 0.25) is 12.6 Å². The first kappa shape index (κ1) is 13.7. The number of phenols is 1. The minimum Gasteiger partial charge on any atom is -0.508 e. The highest BCUT2D eigenvalue weighted by Crippen LogP contribution is 2.33. The molecule has 0 saturated carbocycles. The summed E-state index contributed by atoms with van der Waals surface area (Å²) in [5.41, 5.74) is 0.896. The van der Waals surface area contributed by atoms with E-state index in [0.29, 0.717) is 22.6 Å². The standard InChI is InChI=1S/C17H11NO4/c18-9-13(6-11-2-1-3-14(19)7-11)17(20)12-4-5-15-16(8-12)22-10-21-15/h1-8,19H,10H2/b13-6-. The maximum absolute atomic E-state index is 12.4. The molecule has 0 amide bonds. The van der Waals surface area contributed by atoms with Crippen molar-refractivity contribution in [3.05, 3.63) is 59.2 Å². The third-order valence-electron chi connectivity index (χ3n) is 3.18. The van der Waals surface area contributed by atoms with Gasteiger partial charge in [0, 0.05) is 5.56 Å². The summed E-state index contributed by atoms with van der Waals surface area (Å²) >= 11 is 0. The third kappa shape index (κ3) is 2.63. The van der Waals surface area contributed by atoms with Gasteiger partial charge in [-0.15, -0.1) is 0 Å². The van der Waals surface area contributed by atoms with Crippen LogP contribution in [0.25, 0.3) is 6.08 Å². The lowest BCUT2D eigenvalue weighted by atomic mass is 10.0. The van der Waals surface area contributed by atoms with E-state index in [0.717, 1.165) is 0 Å². The molecule has 5 heteroatoms. The molecule has 0 aromatic heterocycles. The predicted octanol–water partition coefficient (Wildman–Crippen LogP) is 2.91. The molecule has 2 aromatic carbocycles. The Morgan fingerprint density at radius 3 is 2.77 bits per heavy atom. The van der Waals surface area contributed by atoms with Gasteiger partial charge in [0.05, 0.1) is 0 Å². The largest absolute Gasteiger partial charge is 0.508 e. The summed E-state index contributed by atoms with van der Waals surface area (Å²) in [5, 5.41) is 18.7. The number of phenolic OH excluding ortho intramolecular Hbond substituents is 1. The number of aromatic hydroxyl groups is 1. The molecule has 1 N–H and O–H groups in total. The second-order valence-corrected chi connectivity index (χ2v) is 4.66. The van der Waals surface area contributed by atoms with E-state index in [1.165, 1.54) is 18.2 Å². The van der Waals surface area contributed by atoms with Crippen molar-refractivity contribution in [3.8, 4) is 23.3 Å². The van der Waals surface area contributed by atoms with Gasteiger partial charge in [-0.2, -0.15) is 5.26 Å². The zero-order chi connectivity index (χ0) is 15.5. The Labute approximate surface area is 126 Å². The molecule has 1 aliphatic rings. The summed E-state index contributed by atoms with van der Waals surface area (Å²) in [7, 11) is 0. The highest BCUT2D eigenvalue weighted by molar-refractivity contribution is 6.14. The quantitative estimate of drug-likeness (QED) is 0.534. The zero-order valence-electron chi connectivity index (χ0n) is 11.4. The Bertz CT molecular complexity index is 818. The minimum atomic E-state index is -0.413. The van der Waals surface area contributed by atoms with Crippen LogP contribution in [0.1, 0.15) is 15.9 Å². The van der Waals surface area contributed by atoms with E-state index >= 15 is 0 Å². The molecule has 1 aliphatic heterocycles. The number of rotatable bonds is 3. The lowest BCUT2D eigenvalue weighted by Crippen LogP contribution is -2.01. The highest BCUT2D eigenvalue weighted by atomic mass is 16.7. The number of nitriles is 1. The average Bonchev–Trinajstić information content (AvgIpc) is 2.99. The van der Waals surface area contributed by atoms with E-state index in [9.17, 15) is 15.2 Å². The number of carbonyl (C=O) groups is 1. The molecule has 0 spiro atoms. The van der Waals surface area contributed by atoms with Gasteiger partial charge in [0.25, 0.3) is 0 Å². The normalized spacial score (nSPS) is 12.8. The van der Waals surface area contributed by atoms with Crippen LogP contribution in [-0.2, 0) is 0 Å². The molecule has 0 saturated heterocycles. The second kappa shape index (κ2) is 5.62. The lowest BCUT2D eigenvalue weighted by molar-refractivity contribution is 0.103. The van der Waals surface area contributed by atoms with E-state index in [-0.39, 0.29) is 18.1 Å². The minimum absolute atomic E-state index is 0.0236. The maximum Gasteiger partial charge on any atom is 0.231 e. The molecule has 0 bridgehead atoms. The Balaban J connectivity index is 1.94. The molecule has 0 unspecified atom stereocenters. The van der Waals surface area contributed by atoms with Crippen LogP contribution in [0.15, 0.2) is 48.0 Å². The molecule has 0 radical (unpaired) electrons. The number of hydrogen-bond donors (Lipinski definition) is 1. The maximum atomic E-state index is 12.4. The first-order valence-corrected chi connectivity index (χ1v) is 6.52. The molecule has 0 atom stereocenters. The summed E-state index contributed by atoms with van der Waals surface area (Å²) in [5.74, 6) is 0.721. The third-order valence-corrected chi connectivity index (χ3v) is 3.18. The molecule has 22 heavy (non-hydrogen) atoms. The fraction of sp³-hybridized carbons (Fsp3) is 0.0588. The predicted molar refractivity (Wildman–Crippen MR) is 78.6 cm³/mol. The van der Waals surface area contributed by atoms with Gasteiger partial charge in [-0.1, -0.05) is 12.1 Å². The summed E-state index contributed by atoms with van der Waals surface area (Å²) in [6.07, 6.45) is 1.44. The van der Waals surface area contributed by atoms with E-state index in [2.05, 4.69) is 0 Å². The number of hydrogen-bond acceptors (Lipinski definition) is 5. The number of ketones is 1. The summed E-state index contributed by atoms with van der Waals surface area (Å²) in [6, 6.07) is 13.0. The van der Waals surface area contributed by atoms with Gasteiger partial charge < -0.3 is 14.6 Å². The molecular weight excluding hydrogens is 282 g/mol. The van der Waals surface area contributed by atoms with Crippen molar-refractivity contribution >= 4 is 11.9 Å². The molecular formula is C17H11NO4. The molecule has 108 valence electrons. The van der Waals surface area contributed by atoms with Gasteiger partial charge in [-0.25, -0.2) is 0 Å². The van der Waals surface area contributed by atoms with Crippen molar-refractivity contribution in [2.24, 2.45) is 0 Å². The first-order chi connectivity index (χ1) is 10.7. The Hall–Kier alpha value is -3.26. The lowest BCUT2D eigenvalue weighted by Gasteiger charge is -2.02. The monoisotopic (exact) mass is 293 g/mol. The van der Waals surface area contributed by atoms with Crippen LogP contribution >= 0.6 is 0 Å². The second-order valence-electron chi connectivity index (χ2n) is 4.66. The van der Waals surface area contributed by atoms with Crippen molar-refractivity contribution in [2.45, 2.75) is 0 Å². The molecule has 0 fully saturated rings. The van der Waals surface area contributed by atoms with Crippen molar-refractivity contribution in [1.29, 1.82) is 5.26 Å². The van der Waals surface area contributed by atoms with Crippen molar-refractivity contribution in [1.82, 2.24) is 0 Å². The molecule has 2 aromatic rings. The van der Waals surface area contributed by atoms with Crippen LogP contribution in [0.5, 0.6) is 17.2 Å². The van der Waals surface area contributed by atoms with E-state index < -0.39 is 5.78 Å². The molecule has 0 aliphatic carbocycles. The Kier molecular flexibility index (Phi) is 3.50. The molecule has 5 nitrogen and oxygen atoms in total. The van der Waals surface area contributed by atoms with Crippen molar-refractivity contribution < 1.29 is 19.4 Å². The van der Waals surface area contributed by atoms with Gasteiger partial charge >= 0.3 is 0 Å². The summed E-state index contributed by atoms with van der Waals surface area (Å²) in [4.78, 5) is 12.4. The van der Waals surface area contributed by atoms with Crippen LogP contribution in [0.3, 0.4) is 0 Å². The van der Waals surface area contributed by atoms with Gasteiger partial charge in [0.1, 0.15) is 17.4 Å². The topological polar surface area (TPSA) is 79.5 Å². The average molecular weight is 293 g/mol. The van der Waals surface area contributed by atoms with Crippen LogP contribution in [-0.4, -0.2) is 17.7 Å². The van der Waals surface area contributed by atoms with Crippen LogP contribution in [0.2, 0.25) is 0 Å². The van der Waals surface area contributed by atoms with Crippen LogP contribution in [0.4, 0.5) is 0 Å². The van der Waals surface area contributed by atoms with Crippen molar-refractivity contribution in [3.63, 3.8) is 0 Å².